The first-order valence-electron chi connectivity index (χ1n) is 8.90. The summed E-state index contributed by atoms with van der Waals surface area (Å²) in [6.07, 6.45) is 3.57. The molecular weight excluding hydrogens is 368 g/mol. The SMILES string of the molecule is CCCc1[nH]n(-c2cccc(Cl)c2)c(=O)c1/C=C1\NC(=O)N(CCC)C1=O. The summed E-state index contributed by atoms with van der Waals surface area (Å²) in [6, 6.07) is 6.46. The molecule has 3 rings (SSSR count). The largest absolute Gasteiger partial charge is 0.329 e. The number of aryl methyl sites for hydroxylation is 1. The third-order valence-corrected chi connectivity index (χ3v) is 4.51. The normalized spacial score (nSPS) is 15.7. The molecule has 0 aliphatic carbocycles. The van der Waals surface area contributed by atoms with Gasteiger partial charge < -0.3 is 5.32 Å². The van der Waals surface area contributed by atoms with Crippen LogP contribution in [-0.2, 0) is 11.2 Å². The zero-order chi connectivity index (χ0) is 19.6. The maximum absolute atomic E-state index is 13.0. The molecule has 7 nitrogen and oxygen atoms in total. The summed E-state index contributed by atoms with van der Waals surface area (Å²) in [6.45, 7) is 4.22. The van der Waals surface area contributed by atoms with Crippen molar-refractivity contribution in [1.82, 2.24) is 20.0 Å². The van der Waals surface area contributed by atoms with E-state index < -0.39 is 11.9 Å². The Morgan fingerprint density at radius 1 is 1.15 bits per heavy atom. The van der Waals surface area contributed by atoms with Gasteiger partial charge >= 0.3 is 6.03 Å². The van der Waals surface area contributed by atoms with E-state index in [1.807, 2.05) is 13.8 Å². The Morgan fingerprint density at radius 2 is 1.93 bits per heavy atom. The van der Waals surface area contributed by atoms with Crippen molar-refractivity contribution in [2.24, 2.45) is 0 Å². The number of urea groups is 1. The Balaban J connectivity index is 2.06. The van der Waals surface area contributed by atoms with Gasteiger partial charge in [0, 0.05) is 17.3 Å². The number of halogens is 1. The fraction of sp³-hybridized carbons (Fsp3) is 0.316. The lowest BCUT2D eigenvalue weighted by molar-refractivity contribution is -0.122. The summed E-state index contributed by atoms with van der Waals surface area (Å²) < 4.78 is 1.40. The topological polar surface area (TPSA) is 87.2 Å². The summed E-state index contributed by atoms with van der Waals surface area (Å²) in [5, 5.41) is 6.16. The number of nitrogens with zero attached hydrogens (tertiary/aromatic N) is 2. The Morgan fingerprint density at radius 3 is 2.59 bits per heavy atom. The van der Waals surface area contributed by atoms with Gasteiger partial charge in [-0.25, -0.2) is 9.48 Å². The Bertz CT molecular complexity index is 974. The minimum Gasteiger partial charge on any atom is -0.303 e. The summed E-state index contributed by atoms with van der Waals surface area (Å²) in [5.74, 6) is -0.417. The van der Waals surface area contributed by atoms with E-state index in [4.69, 9.17) is 11.6 Å². The zero-order valence-corrected chi connectivity index (χ0v) is 16.0. The van der Waals surface area contributed by atoms with E-state index in [0.29, 0.717) is 41.4 Å². The number of carbonyl (C=O) groups is 2. The lowest BCUT2D eigenvalue weighted by atomic mass is 10.1. The maximum atomic E-state index is 13.0. The maximum Gasteiger partial charge on any atom is 0.329 e. The highest BCUT2D eigenvalue weighted by Crippen LogP contribution is 2.18. The van der Waals surface area contributed by atoms with Crippen LogP contribution in [0.3, 0.4) is 0 Å². The Hall–Kier alpha value is -2.80. The third kappa shape index (κ3) is 3.68. The van der Waals surface area contributed by atoms with Gasteiger partial charge in [0.2, 0.25) is 0 Å². The summed E-state index contributed by atoms with van der Waals surface area (Å²) in [7, 11) is 0. The predicted molar refractivity (Wildman–Crippen MR) is 104 cm³/mol. The predicted octanol–water partition coefficient (Wildman–Crippen LogP) is 3.07. The van der Waals surface area contributed by atoms with Crippen LogP contribution in [0.1, 0.15) is 37.9 Å². The zero-order valence-electron chi connectivity index (χ0n) is 15.2. The first kappa shape index (κ1) is 19.0. The van der Waals surface area contributed by atoms with Crippen molar-refractivity contribution in [3.8, 4) is 5.69 Å². The second kappa shape index (κ2) is 7.84. The molecular formula is C19H21ClN4O3. The van der Waals surface area contributed by atoms with E-state index in [1.165, 1.54) is 10.8 Å². The number of nitrogens with one attached hydrogen (secondary N) is 2. The van der Waals surface area contributed by atoms with Crippen LogP contribution in [0.2, 0.25) is 5.02 Å². The molecule has 1 aliphatic heterocycles. The van der Waals surface area contributed by atoms with Gasteiger partial charge in [-0.05, 0) is 37.1 Å². The van der Waals surface area contributed by atoms with E-state index in [9.17, 15) is 14.4 Å². The number of aromatic nitrogens is 2. The first-order valence-corrected chi connectivity index (χ1v) is 9.28. The molecule has 2 heterocycles. The van der Waals surface area contributed by atoms with Gasteiger partial charge in [0.15, 0.2) is 0 Å². The highest BCUT2D eigenvalue weighted by molar-refractivity contribution is 6.30. The second-order valence-corrected chi connectivity index (χ2v) is 6.76. The summed E-state index contributed by atoms with van der Waals surface area (Å²) >= 11 is 6.03. The van der Waals surface area contributed by atoms with Crippen LogP contribution in [-0.4, -0.2) is 33.2 Å². The number of carbonyl (C=O) groups excluding carboxylic acids is 2. The molecule has 1 fully saturated rings. The second-order valence-electron chi connectivity index (χ2n) is 6.32. The molecule has 1 saturated heterocycles. The van der Waals surface area contributed by atoms with Crippen LogP contribution in [0.5, 0.6) is 0 Å². The van der Waals surface area contributed by atoms with Crippen molar-refractivity contribution in [2.75, 3.05) is 6.54 Å². The number of aromatic amines is 1. The average molecular weight is 389 g/mol. The molecule has 2 aromatic rings. The smallest absolute Gasteiger partial charge is 0.303 e. The van der Waals surface area contributed by atoms with Gasteiger partial charge in [-0.1, -0.05) is 37.9 Å². The molecule has 3 amide bonds. The van der Waals surface area contributed by atoms with Gasteiger partial charge in [0.25, 0.3) is 11.5 Å². The molecule has 0 saturated carbocycles. The van der Waals surface area contributed by atoms with Gasteiger partial charge in [0.05, 0.1) is 11.3 Å². The van der Waals surface area contributed by atoms with E-state index in [1.54, 1.807) is 24.3 Å². The van der Waals surface area contributed by atoms with Gasteiger partial charge in [0.1, 0.15) is 5.70 Å². The summed E-state index contributed by atoms with van der Waals surface area (Å²) in [4.78, 5) is 38.5. The molecule has 8 heteroatoms. The molecule has 27 heavy (non-hydrogen) atoms. The molecule has 1 aromatic heterocycles. The third-order valence-electron chi connectivity index (χ3n) is 4.27. The Kier molecular flexibility index (Phi) is 5.51. The Labute approximate surface area is 161 Å². The van der Waals surface area contributed by atoms with Crippen LogP contribution in [0.15, 0.2) is 34.8 Å². The molecule has 1 aliphatic rings. The molecule has 0 spiro atoms. The van der Waals surface area contributed by atoms with E-state index in [0.717, 1.165) is 11.3 Å². The van der Waals surface area contributed by atoms with Crippen LogP contribution < -0.4 is 10.9 Å². The molecule has 0 unspecified atom stereocenters. The first-order chi connectivity index (χ1) is 13.0. The van der Waals surface area contributed by atoms with E-state index in [2.05, 4.69) is 10.4 Å². The minimum atomic E-state index is -0.462. The quantitative estimate of drug-likeness (QED) is 0.589. The molecule has 0 bridgehead atoms. The number of imide groups is 1. The van der Waals surface area contributed by atoms with E-state index in [-0.39, 0.29) is 11.3 Å². The van der Waals surface area contributed by atoms with Crippen LogP contribution in [0.4, 0.5) is 4.79 Å². The van der Waals surface area contributed by atoms with Crippen molar-refractivity contribution in [2.45, 2.75) is 33.1 Å². The number of rotatable bonds is 6. The fourth-order valence-corrected chi connectivity index (χ4v) is 3.21. The number of H-pyrrole nitrogens is 1. The van der Waals surface area contributed by atoms with Crippen molar-refractivity contribution in [1.29, 1.82) is 0 Å². The molecule has 0 radical (unpaired) electrons. The van der Waals surface area contributed by atoms with Crippen molar-refractivity contribution in [3.05, 3.63) is 56.6 Å². The highest BCUT2D eigenvalue weighted by atomic mass is 35.5. The lowest BCUT2D eigenvalue weighted by Gasteiger charge is -2.08. The lowest BCUT2D eigenvalue weighted by Crippen LogP contribution is -2.31. The molecule has 0 atom stereocenters. The molecule has 2 N–H and O–H groups in total. The number of hydrogen-bond donors (Lipinski definition) is 2. The van der Waals surface area contributed by atoms with Gasteiger partial charge in [-0.3, -0.25) is 19.6 Å². The van der Waals surface area contributed by atoms with Crippen molar-refractivity contribution in [3.63, 3.8) is 0 Å². The van der Waals surface area contributed by atoms with Crippen LogP contribution in [0.25, 0.3) is 11.8 Å². The molecule has 142 valence electrons. The van der Waals surface area contributed by atoms with Gasteiger partial charge in [-0.2, -0.15) is 0 Å². The number of amides is 3. The van der Waals surface area contributed by atoms with Crippen LogP contribution in [0, 0.1) is 0 Å². The van der Waals surface area contributed by atoms with Crippen molar-refractivity contribution < 1.29 is 9.59 Å². The van der Waals surface area contributed by atoms with Gasteiger partial charge in [-0.15, -0.1) is 0 Å². The number of benzene rings is 1. The van der Waals surface area contributed by atoms with Crippen LogP contribution >= 0.6 is 11.6 Å². The minimum absolute atomic E-state index is 0.111. The molecule has 1 aromatic carbocycles. The average Bonchev–Trinajstić information content (AvgIpc) is 3.08. The summed E-state index contributed by atoms with van der Waals surface area (Å²) in [5.41, 5.74) is 1.47. The number of hydrogen-bond acceptors (Lipinski definition) is 3. The standard InChI is InChI=1S/C19H21ClN4O3/c1-3-6-15-14(11-16-18(26)23(9-4-2)19(27)21-16)17(25)24(22-15)13-8-5-7-12(20)10-13/h5,7-8,10-11,22H,3-4,6,9H2,1-2H3,(H,21,27)/b16-11-. The fourth-order valence-electron chi connectivity index (χ4n) is 3.02. The van der Waals surface area contributed by atoms with E-state index >= 15 is 0 Å². The van der Waals surface area contributed by atoms with Crippen molar-refractivity contribution >= 4 is 29.6 Å². The monoisotopic (exact) mass is 388 g/mol. The highest BCUT2D eigenvalue weighted by Gasteiger charge is 2.33.